The fourth-order valence-electron chi connectivity index (χ4n) is 1.14. The molecule has 1 N–H and O–H groups in total. The Labute approximate surface area is 93.0 Å². The van der Waals surface area contributed by atoms with Crippen LogP contribution in [0.1, 0.15) is 4.11 Å². The normalized spacial score (nSPS) is 14.3. The summed E-state index contributed by atoms with van der Waals surface area (Å²) >= 11 is 5.69. The Hall–Kier alpha value is -1.89. The lowest BCUT2D eigenvalue weighted by atomic mass is 10.5. The van der Waals surface area contributed by atoms with Crippen molar-refractivity contribution in [2.45, 2.75) is 0 Å². The largest absolute Gasteiger partial charge is 0.373 e. The van der Waals surface area contributed by atoms with E-state index in [2.05, 4.69) is 15.4 Å². The summed E-state index contributed by atoms with van der Waals surface area (Å²) in [6, 6.07) is 1.22. The average Bonchev–Trinajstić information content (AvgIpc) is 2.58. The Morgan fingerprint density at radius 1 is 1.80 bits per heavy atom. The van der Waals surface area contributed by atoms with Crippen LogP contribution in [0, 0.1) is 10.1 Å². The number of fused-ring (bicyclic) bond motifs is 1. The number of aromatic nitrogens is 3. The molecule has 7 nitrogen and oxygen atoms in total. The van der Waals surface area contributed by atoms with E-state index >= 15 is 0 Å². The van der Waals surface area contributed by atoms with Gasteiger partial charge in [0.1, 0.15) is 17.2 Å². The second-order valence-electron chi connectivity index (χ2n) is 2.61. The van der Waals surface area contributed by atoms with Gasteiger partial charge in [0.05, 0.1) is 4.92 Å². The lowest BCUT2D eigenvalue weighted by Gasteiger charge is -2.02. The van der Waals surface area contributed by atoms with Crippen LogP contribution >= 0.6 is 11.6 Å². The van der Waals surface area contributed by atoms with Gasteiger partial charge in [0.2, 0.25) is 5.65 Å². The molecule has 0 amide bonds. The molecular weight excluding hydrogens is 222 g/mol. The van der Waals surface area contributed by atoms with E-state index in [0.29, 0.717) is 0 Å². The number of hydrogen-bond donors (Lipinski definition) is 1. The molecule has 2 rings (SSSR count). The zero-order valence-electron chi connectivity index (χ0n) is 10.1. The molecule has 0 fully saturated rings. The average molecular weight is 231 g/mol. The summed E-state index contributed by atoms with van der Waals surface area (Å²) in [6.45, 7) is -2.47. The molecule has 0 bridgehead atoms. The molecule has 0 atom stereocenters. The van der Waals surface area contributed by atoms with E-state index in [9.17, 15) is 10.1 Å². The third-order valence-corrected chi connectivity index (χ3v) is 1.94. The Kier molecular flexibility index (Phi) is 1.47. The summed E-state index contributed by atoms with van der Waals surface area (Å²) in [7, 11) is 0. The van der Waals surface area contributed by atoms with E-state index in [1.165, 1.54) is 6.07 Å². The Morgan fingerprint density at radius 3 is 3.27 bits per heavy atom. The molecule has 2 aromatic rings. The predicted octanol–water partition coefficient (Wildman–Crippen LogP) is 1.33. The smallest absolute Gasteiger partial charge is 0.333 e. The number of halogens is 1. The lowest BCUT2D eigenvalue weighted by Crippen LogP contribution is -2.01. The van der Waals surface area contributed by atoms with Gasteiger partial charge in [0, 0.05) is 17.2 Å². The van der Waals surface area contributed by atoms with Crippen LogP contribution in [0.25, 0.3) is 5.65 Å². The number of rotatable bonds is 2. The highest BCUT2D eigenvalue weighted by atomic mass is 35.5. The van der Waals surface area contributed by atoms with E-state index in [-0.39, 0.29) is 22.3 Å². The van der Waals surface area contributed by atoms with Crippen molar-refractivity contribution in [1.82, 2.24) is 14.6 Å². The van der Waals surface area contributed by atoms with Crippen LogP contribution in [-0.2, 0) is 0 Å². The quantitative estimate of drug-likeness (QED) is 0.478. The number of anilines is 1. The summed E-state index contributed by atoms with van der Waals surface area (Å²) in [5, 5.41) is 16.5. The van der Waals surface area contributed by atoms with Crippen LogP contribution in [0.4, 0.5) is 11.5 Å². The highest BCUT2D eigenvalue weighted by Crippen LogP contribution is 2.22. The minimum absolute atomic E-state index is 0.00176. The molecule has 0 saturated heterocycles. The monoisotopic (exact) mass is 230 g/mol. The van der Waals surface area contributed by atoms with Crippen LogP contribution in [-0.4, -0.2) is 26.5 Å². The van der Waals surface area contributed by atoms with Gasteiger partial charge in [-0.2, -0.15) is 9.61 Å². The molecule has 78 valence electrons. The molecule has 0 aliphatic heterocycles. The molecule has 0 spiro atoms. The van der Waals surface area contributed by atoms with Crippen molar-refractivity contribution in [3.63, 3.8) is 0 Å². The SMILES string of the molecule is [2H]C([2H])([2H])Nc1cc(Cl)nc2c([N+](=O)[O-])cnn12. The first kappa shape index (κ1) is 6.57. The molecule has 0 aliphatic carbocycles. The first-order valence-corrected chi connectivity index (χ1v) is 4.12. The van der Waals surface area contributed by atoms with E-state index in [1.54, 1.807) is 0 Å². The van der Waals surface area contributed by atoms with Gasteiger partial charge in [0.15, 0.2) is 0 Å². The fraction of sp³-hybridized carbons (Fsp3) is 0.143. The maximum Gasteiger partial charge on any atom is 0.333 e. The van der Waals surface area contributed by atoms with Gasteiger partial charge in [-0.3, -0.25) is 10.1 Å². The first-order chi connectivity index (χ1) is 8.28. The molecule has 8 heteroatoms. The number of nitrogens with one attached hydrogen (secondary N) is 1. The molecule has 2 aromatic heterocycles. The van der Waals surface area contributed by atoms with Gasteiger partial charge >= 0.3 is 5.69 Å². The minimum atomic E-state index is -2.47. The van der Waals surface area contributed by atoms with Crippen LogP contribution in [0.15, 0.2) is 12.3 Å². The van der Waals surface area contributed by atoms with Crippen LogP contribution in [0.2, 0.25) is 5.15 Å². The molecular formula is C7H6ClN5O2. The van der Waals surface area contributed by atoms with Crippen molar-refractivity contribution >= 4 is 28.8 Å². The molecule has 15 heavy (non-hydrogen) atoms. The van der Waals surface area contributed by atoms with Gasteiger partial charge in [-0.25, -0.2) is 4.98 Å². The predicted molar refractivity (Wildman–Crippen MR) is 54.2 cm³/mol. The summed E-state index contributed by atoms with van der Waals surface area (Å²) in [5.74, 6) is -0.00176. The van der Waals surface area contributed by atoms with Crippen molar-refractivity contribution in [2.24, 2.45) is 0 Å². The third-order valence-electron chi connectivity index (χ3n) is 1.75. The molecule has 2 heterocycles. The lowest BCUT2D eigenvalue weighted by molar-refractivity contribution is -0.383. The molecule has 0 unspecified atom stereocenters. The fourth-order valence-corrected chi connectivity index (χ4v) is 1.32. The molecule has 0 saturated carbocycles. The van der Waals surface area contributed by atoms with Crippen molar-refractivity contribution in [3.05, 3.63) is 27.5 Å². The van der Waals surface area contributed by atoms with Crippen LogP contribution in [0.3, 0.4) is 0 Å². The number of nitrogens with zero attached hydrogens (tertiary/aromatic N) is 4. The van der Waals surface area contributed by atoms with Crippen molar-refractivity contribution in [3.8, 4) is 0 Å². The summed E-state index contributed by atoms with van der Waals surface area (Å²) in [6.07, 6.45) is 0.976. The van der Waals surface area contributed by atoms with E-state index in [1.807, 2.05) is 0 Å². The standard InChI is InChI=1S/C7H6ClN5O2/c1-9-6-2-5(8)11-7-4(13(14)15)3-10-12(6)7/h2-3,9H,1H3/i1D3. The van der Waals surface area contributed by atoms with Crippen LogP contribution in [0.5, 0.6) is 0 Å². The topological polar surface area (TPSA) is 85.4 Å². The van der Waals surface area contributed by atoms with E-state index in [4.69, 9.17) is 15.7 Å². The van der Waals surface area contributed by atoms with Gasteiger partial charge in [-0.05, 0) is 0 Å². The third kappa shape index (κ3) is 1.46. The zero-order valence-corrected chi connectivity index (χ0v) is 7.89. The van der Waals surface area contributed by atoms with E-state index < -0.39 is 11.9 Å². The Bertz CT molecular complexity index is 625. The van der Waals surface area contributed by atoms with Gasteiger partial charge in [-0.1, -0.05) is 11.6 Å². The minimum Gasteiger partial charge on any atom is -0.373 e. The molecule has 0 radical (unpaired) electrons. The van der Waals surface area contributed by atoms with Crippen molar-refractivity contribution in [1.29, 1.82) is 0 Å². The summed E-state index contributed by atoms with van der Waals surface area (Å²) < 4.78 is 22.3. The second-order valence-corrected chi connectivity index (χ2v) is 3.00. The molecule has 0 aliphatic rings. The van der Waals surface area contributed by atoms with Gasteiger partial charge in [0.25, 0.3) is 0 Å². The van der Waals surface area contributed by atoms with Gasteiger partial charge < -0.3 is 5.32 Å². The van der Waals surface area contributed by atoms with Gasteiger partial charge in [-0.15, -0.1) is 0 Å². The van der Waals surface area contributed by atoms with E-state index in [0.717, 1.165) is 10.7 Å². The Balaban J connectivity index is 2.64. The zero-order chi connectivity index (χ0) is 13.5. The summed E-state index contributed by atoms with van der Waals surface area (Å²) in [5.41, 5.74) is -0.481. The maximum absolute atomic E-state index is 10.7. The Morgan fingerprint density at radius 2 is 2.60 bits per heavy atom. The number of hydrogen-bond acceptors (Lipinski definition) is 5. The molecule has 0 aromatic carbocycles. The van der Waals surface area contributed by atoms with Crippen molar-refractivity contribution in [2.75, 3.05) is 12.3 Å². The second kappa shape index (κ2) is 3.35. The highest BCUT2D eigenvalue weighted by Gasteiger charge is 2.18. The first-order valence-electron chi connectivity index (χ1n) is 5.25. The van der Waals surface area contributed by atoms with Crippen LogP contribution < -0.4 is 5.32 Å². The summed E-state index contributed by atoms with van der Waals surface area (Å²) in [4.78, 5) is 13.8. The maximum atomic E-state index is 10.7. The van der Waals surface area contributed by atoms with Crippen molar-refractivity contribution < 1.29 is 9.04 Å². The highest BCUT2D eigenvalue weighted by molar-refractivity contribution is 6.29. The number of nitro groups is 1.